The molecule has 1 heterocycles. The van der Waals surface area contributed by atoms with Gasteiger partial charge in [-0.3, -0.25) is 4.99 Å². The summed E-state index contributed by atoms with van der Waals surface area (Å²) >= 11 is 0. The minimum atomic E-state index is 0.979. The van der Waals surface area contributed by atoms with Crippen molar-refractivity contribution in [1.82, 2.24) is 4.90 Å². The molecule has 0 aliphatic carbocycles. The van der Waals surface area contributed by atoms with Crippen LogP contribution in [0.1, 0.15) is 20.8 Å². The summed E-state index contributed by atoms with van der Waals surface area (Å²) in [6, 6.07) is 0. The summed E-state index contributed by atoms with van der Waals surface area (Å²) in [6.45, 7) is 10.9. The molecule has 0 aromatic heterocycles. The quantitative estimate of drug-likeness (QED) is 0.631. The smallest absolute Gasteiger partial charge is 0.0879 e. The van der Waals surface area contributed by atoms with Crippen molar-refractivity contribution in [1.29, 1.82) is 0 Å². The van der Waals surface area contributed by atoms with Crippen molar-refractivity contribution in [2.24, 2.45) is 4.99 Å². The number of hydrogen-bond acceptors (Lipinski definition) is 2. The Bertz CT molecular complexity index is 291. The van der Waals surface area contributed by atoms with E-state index in [1.165, 1.54) is 11.3 Å². The van der Waals surface area contributed by atoms with Crippen molar-refractivity contribution < 1.29 is 0 Å². The molecule has 0 aromatic rings. The van der Waals surface area contributed by atoms with Crippen LogP contribution >= 0.6 is 0 Å². The molecule has 1 aliphatic rings. The molecule has 1 rings (SSSR count). The highest BCUT2D eigenvalue weighted by Crippen LogP contribution is 2.19. The lowest BCUT2D eigenvalue weighted by Crippen LogP contribution is -2.16. The van der Waals surface area contributed by atoms with Gasteiger partial charge in [-0.1, -0.05) is 12.2 Å². The predicted octanol–water partition coefficient (Wildman–Crippen LogP) is 2.71. The summed E-state index contributed by atoms with van der Waals surface area (Å²) in [5.41, 5.74) is 3.51. The molecule has 0 atom stereocenters. The van der Waals surface area contributed by atoms with Gasteiger partial charge in [0.2, 0.25) is 0 Å². The zero-order chi connectivity index (χ0) is 9.84. The standard InChI is InChI=1S/C11H16N2/c1-5-12-10-7-8-13(6-2)11(10)9(3)4/h5,7-8H,1,6H2,2-4H3/b12-10-. The number of allylic oxidation sites excluding steroid dienone is 2. The van der Waals surface area contributed by atoms with Crippen LogP contribution in [0.25, 0.3) is 0 Å². The van der Waals surface area contributed by atoms with E-state index in [4.69, 9.17) is 0 Å². The molecule has 2 nitrogen and oxygen atoms in total. The maximum Gasteiger partial charge on any atom is 0.0879 e. The Morgan fingerprint density at radius 2 is 2.31 bits per heavy atom. The van der Waals surface area contributed by atoms with Crippen LogP contribution in [-0.4, -0.2) is 17.2 Å². The molecule has 13 heavy (non-hydrogen) atoms. The molecule has 0 saturated carbocycles. The van der Waals surface area contributed by atoms with Crippen LogP contribution < -0.4 is 0 Å². The molecule has 0 aromatic carbocycles. The number of aliphatic imine (C=N–C) groups is 1. The van der Waals surface area contributed by atoms with Crippen LogP contribution in [0.2, 0.25) is 0 Å². The molecule has 70 valence electrons. The first-order valence-electron chi connectivity index (χ1n) is 4.52. The van der Waals surface area contributed by atoms with Crippen LogP contribution in [0, 0.1) is 0 Å². The third-order valence-corrected chi connectivity index (χ3v) is 1.99. The normalized spacial score (nSPS) is 18.5. The van der Waals surface area contributed by atoms with Crippen molar-refractivity contribution in [2.45, 2.75) is 20.8 Å². The second-order valence-corrected chi connectivity index (χ2v) is 3.15. The third kappa shape index (κ3) is 1.89. The molecule has 0 radical (unpaired) electrons. The Balaban J connectivity index is 3.06. The highest BCUT2D eigenvalue weighted by molar-refractivity contribution is 6.10. The summed E-state index contributed by atoms with van der Waals surface area (Å²) in [5, 5.41) is 0. The first-order chi connectivity index (χ1) is 6.20. The van der Waals surface area contributed by atoms with Gasteiger partial charge in [-0.15, -0.1) is 0 Å². The van der Waals surface area contributed by atoms with E-state index >= 15 is 0 Å². The lowest BCUT2D eigenvalue weighted by atomic mass is 10.2. The first kappa shape index (κ1) is 9.78. The fourth-order valence-electron chi connectivity index (χ4n) is 1.47. The summed E-state index contributed by atoms with van der Waals surface area (Å²) in [4.78, 5) is 6.41. The molecule has 0 N–H and O–H groups in total. The largest absolute Gasteiger partial charge is 0.346 e. The summed E-state index contributed by atoms with van der Waals surface area (Å²) in [7, 11) is 0. The summed E-state index contributed by atoms with van der Waals surface area (Å²) in [5.74, 6) is 0. The van der Waals surface area contributed by atoms with Gasteiger partial charge < -0.3 is 4.90 Å². The minimum Gasteiger partial charge on any atom is -0.346 e. The minimum absolute atomic E-state index is 0.979. The molecule has 0 bridgehead atoms. The number of hydrogen-bond donors (Lipinski definition) is 0. The van der Waals surface area contributed by atoms with Gasteiger partial charge in [0, 0.05) is 18.9 Å². The highest BCUT2D eigenvalue weighted by Gasteiger charge is 2.16. The first-order valence-corrected chi connectivity index (χ1v) is 4.52. The van der Waals surface area contributed by atoms with Crippen molar-refractivity contribution >= 4 is 5.71 Å². The monoisotopic (exact) mass is 176 g/mol. The molecule has 0 fully saturated rings. The topological polar surface area (TPSA) is 15.6 Å². The van der Waals surface area contributed by atoms with E-state index in [1.54, 1.807) is 6.20 Å². The van der Waals surface area contributed by atoms with Gasteiger partial charge in [0.25, 0.3) is 0 Å². The Hall–Kier alpha value is -1.31. The molecule has 0 unspecified atom stereocenters. The average molecular weight is 176 g/mol. The van der Waals surface area contributed by atoms with Crippen LogP contribution in [-0.2, 0) is 0 Å². The maximum absolute atomic E-state index is 4.22. The zero-order valence-corrected chi connectivity index (χ0v) is 8.54. The van der Waals surface area contributed by atoms with Crippen LogP contribution in [0.15, 0.2) is 41.3 Å². The fraction of sp³-hybridized carbons (Fsp3) is 0.364. The van der Waals surface area contributed by atoms with E-state index in [1.807, 2.05) is 6.08 Å². The molecule has 1 aliphatic heterocycles. The Morgan fingerprint density at radius 1 is 1.62 bits per heavy atom. The summed E-state index contributed by atoms with van der Waals surface area (Å²) < 4.78 is 0. The molecule has 2 heteroatoms. The van der Waals surface area contributed by atoms with Gasteiger partial charge in [0.05, 0.1) is 11.4 Å². The zero-order valence-electron chi connectivity index (χ0n) is 8.54. The predicted molar refractivity (Wildman–Crippen MR) is 57.5 cm³/mol. The SMILES string of the molecule is C=C/N=C1/C=CN(CC)C1=C(C)C. The van der Waals surface area contributed by atoms with Crippen molar-refractivity contribution in [2.75, 3.05) is 6.54 Å². The van der Waals surface area contributed by atoms with Crippen molar-refractivity contribution in [3.63, 3.8) is 0 Å². The van der Waals surface area contributed by atoms with Crippen LogP contribution in [0.3, 0.4) is 0 Å². The van der Waals surface area contributed by atoms with Crippen molar-refractivity contribution in [3.05, 3.63) is 36.3 Å². The third-order valence-electron chi connectivity index (χ3n) is 1.99. The van der Waals surface area contributed by atoms with E-state index in [-0.39, 0.29) is 0 Å². The van der Waals surface area contributed by atoms with E-state index in [9.17, 15) is 0 Å². The second kappa shape index (κ2) is 4.08. The van der Waals surface area contributed by atoms with Crippen LogP contribution in [0.4, 0.5) is 0 Å². The second-order valence-electron chi connectivity index (χ2n) is 3.15. The van der Waals surface area contributed by atoms with Gasteiger partial charge in [0.15, 0.2) is 0 Å². The Morgan fingerprint density at radius 3 is 2.77 bits per heavy atom. The van der Waals surface area contributed by atoms with Gasteiger partial charge >= 0.3 is 0 Å². The lowest BCUT2D eigenvalue weighted by molar-refractivity contribution is 0.520. The lowest BCUT2D eigenvalue weighted by Gasteiger charge is -2.17. The van der Waals surface area contributed by atoms with E-state index in [2.05, 4.69) is 43.4 Å². The average Bonchev–Trinajstić information content (AvgIpc) is 2.48. The van der Waals surface area contributed by atoms with Gasteiger partial charge in [-0.25, -0.2) is 0 Å². The van der Waals surface area contributed by atoms with Gasteiger partial charge in [0.1, 0.15) is 0 Å². The summed E-state index contributed by atoms with van der Waals surface area (Å²) in [6.07, 6.45) is 5.67. The molecule has 0 amide bonds. The fourth-order valence-corrected chi connectivity index (χ4v) is 1.47. The van der Waals surface area contributed by atoms with Crippen LogP contribution in [0.5, 0.6) is 0 Å². The van der Waals surface area contributed by atoms with E-state index in [0.717, 1.165) is 12.3 Å². The number of rotatable bonds is 2. The van der Waals surface area contributed by atoms with Crippen molar-refractivity contribution in [3.8, 4) is 0 Å². The molecular formula is C11H16N2. The van der Waals surface area contributed by atoms with E-state index < -0.39 is 0 Å². The molecule has 0 spiro atoms. The molecule has 0 saturated heterocycles. The highest BCUT2D eigenvalue weighted by atomic mass is 15.1. The maximum atomic E-state index is 4.22. The molecular weight excluding hydrogens is 160 g/mol. The number of nitrogens with zero attached hydrogens (tertiary/aromatic N) is 2. The Kier molecular flexibility index (Phi) is 3.07. The van der Waals surface area contributed by atoms with Gasteiger partial charge in [-0.2, -0.15) is 0 Å². The Labute approximate surface area is 80.0 Å². The van der Waals surface area contributed by atoms with E-state index in [0.29, 0.717) is 0 Å². The van der Waals surface area contributed by atoms with Gasteiger partial charge in [-0.05, 0) is 26.8 Å².